The summed E-state index contributed by atoms with van der Waals surface area (Å²) in [6.07, 6.45) is 9.33. The molecule has 1 saturated heterocycles. The molecule has 0 bridgehead atoms. The third kappa shape index (κ3) is 3.81. The van der Waals surface area contributed by atoms with E-state index in [1.54, 1.807) is 25.2 Å². The number of nitrogens with zero attached hydrogens (tertiary/aromatic N) is 7. The first-order valence-electron chi connectivity index (χ1n) is 10.8. The normalized spacial score (nSPS) is 17.7. The van der Waals surface area contributed by atoms with E-state index >= 15 is 0 Å². The van der Waals surface area contributed by atoms with Crippen molar-refractivity contribution in [2.75, 3.05) is 35.8 Å². The number of anilines is 3. The lowest BCUT2D eigenvalue weighted by Crippen LogP contribution is -2.49. The van der Waals surface area contributed by atoms with E-state index in [0.717, 1.165) is 42.0 Å². The first kappa shape index (κ1) is 20.2. The minimum Gasteiger partial charge on any atom is -0.350 e. The molecular formula is C23H26N8O. The van der Waals surface area contributed by atoms with Crippen molar-refractivity contribution in [1.82, 2.24) is 19.7 Å². The largest absolute Gasteiger partial charge is 0.350 e. The highest BCUT2D eigenvalue weighted by atomic mass is 16.2. The van der Waals surface area contributed by atoms with Crippen LogP contribution in [0.3, 0.4) is 0 Å². The van der Waals surface area contributed by atoms with Crippen molar-refractivity contribution in [3.63, 3.8) is 0 Å². The Morgan fingerprint density at radius 1 is 1.28 bits per heavy atom. The summed E-state index contributed by atoms with van der Waals surface area (Å²) in [5.74, 6) is 1.51. The predicted octanol–water partition coefficient (Wildman–Crippen LogP) is 2.33. The number of benzene rings is 1. The van der Waals surface area contributed by atoms with Crippen LogP contribution in [0.25, 0.3) is 0 Å². The number of fused-ring (bicyclic) bond motifs is 3. The third-order valence-electron chi connectivity index (χ3n) is 5.96. The molecule has 164 valence electrons. The van der Waals surface area contributed by atoms with Gasteiger partial charge in [0.1, 0.15) is 11.7 Å². The number of hydrogen-bond acceptors (Lipinski definition) is 7. The fourth-order valence-electron chi connectivity index (χ4n) is 4.39. The number of nitrogens with one attached hydrogen (secondary N) is 1. The van der Waals surface area contributed by atoms with E-state index in [9.17, 15) is 4.79 Å². The molecule has 0 spiro atoms. The highest BCUT2D eigenvalue weighted by Crippen LogP contribution is 2.37. The van der Waals surface area contributed by atoms with Crippen molar-refractivity contribution in [1.29, 1.82) is 0 Å². The maximum Gasteiger partial charge on any atom is 0.249 e. The van der Waals surface area contributed by atoms with Gasteiger partial charge in [-0.3, -0.25) is 14.5 Å². The zero-order valence-corrected chi connectivity index (χ0v) is 18.3. The van der Waals surface area contributed by atoms with Gasteiger partial charge in [-0.25, -0.2) is 4.98 Å². The highest BCUT2D eigenvalue weighted by molar-refractivity contribution is 6.04. The number of hydrogen-bond donors (Lipinski definition) is 1. The smallest absolute Gasteiger partial charge is 0.249 e. The van der Waals surface area contributed by atoms with Crippen LogP contribution in [0, 0.1) is 0 Å². The van der Waals surface area contributed by atoms with Gasteiger partial charge in [-0.2, -0.15) is 10.1 Å². The molecule has 9 nitrogen and oxygen atoms in total. The van der Waals surface area contributed by atoms with Gasteiger partial charge < -0.3 is 15.1 Å². The summed E-state index contributed by atoms with van der Waals surface area (Å²) < 4.78 is 1.92. The lowest BCUT2D eigenvalue weighted by Gasteiger charge is -2.36. The van der Waals surface area contributed by atoms with Crippen molar-refractivity contribution in [3.8, 4) is 0 Å². The first-order valence-corrected chi connectivity index (χ1v) is 10.8. The summed E-state index contributed by atoms with van der Waals surface area (Å²) in [4.78, 5) is 29.6. The third-order valence-corrected chi connectivity index (χ3v) is 5.96. The van der Waals surface area contributed by atoms with E-state index in [1.807, 2.05) is 35.4 Å². The number of carbonyl (C=O) groups excluding carboxylic acids is 1. The van der Waals surface area contributed by atoms with E-state index in [2.05, 4.69) is 37.4 Å². The van der Waals surface area contributed by atoms with E-state index in [1.165, 1.54) is 5.56 Å². The molecule has 0 unspecified atom stereocenters. The van der Waals surface area contributed by atoms with Crippen LogP contribution in [0.4, 0.5) is 17.5 Å². The molecular weight excluding hydrogens is 404 g/mol. The molecule has 32 heavy (non-hydrogen) atoms. The number of carbonyl (C=O) groups is 1. The maximum atomic E-state index is 12.5. The number of amides is 1. The van der Waals surface area contributed by atoms with Gasteiger partial charge in [0, 0.05) is 45.2 Å². The van der Waals surface area contributed by atoms with Gasteiger partial charge in [-0.05, 0) is 30.0 Å². The van der Waals surface area contributed by atoms with Crippen molar-refractivity contribution in [2.45, 2.75) is 32.0 Å². The second kappa shape index (κ2) is 8.41. The average Bonchev–Trinajstić information content (AvgIpc) is 3.46. The molecule has 1 fully saturated rings. The van der Waals surface area contributed by atoms with E-state index in [0.29, 0.717) is 19.0 Å². The van der Waals surface area contributed by atoms with Gasteiger partial charge >= 0.3 is 0 Å². The molecule has 2 aliphatic rings. The fraction of sp³-hybridized carbons (Fsp3) is 0.348. The molecule has 2 aliphatic heterocycles. The van der Waals surface area contributed by atoms with Gasteiger partial charge in [0.2, 0.25) is 11.9 Å². The van der Waals surface area contributed by atoms with Crippen LogP contribution >= 0.6 is 0 Å². The highest BCUT2D eigenvalue weighted by Gasteiger charge is 2.40. The Labute approximate surface area is 186 Å². The molecule has 5 rings (SSSR count). The molecule has 1 amide bonds. The van der Waals surface area contributed by atoms with Crippen LogP contribution < -0.4 is 15.1 Å². The van der Waals surface area contributed by atoms with Crippen LogP contribution in [-0.2, 0) is 17.9 Å². The summed E-state index contributed by atoms with van der Waals surface area (Å²) in [7, 11) is 3.57. The summed E-state index contributed by atoms with van der Waals surface area (Å²) in [6, 6.07) is 8.16. The van der Waals surface area contributed by atoms with Crippen molar-refractivity contribution >= 4 is 29.6 Å². The Morgan fingerprint density at radius 2 is 2.19 bits per heavy atom. The lowest BCUT2D eigenvalue weighted by molar-refractivity contribution is -0.119. The molecule has 1 atom stereocenters. The Hall–Kier alpha value is -3.75. The topological polar surface area (TPSA) is 91.5 Å². The zero-order valence-electron chi connectivity index (χ0n) is 18.3. The minimum absolute atomic E-state index is 0.101. The molecule has 1 aromatic carbocycles. The molecule has 4 heterocycles. The quantitative estimate of drug-likeness (QED) is 0.604. The van der Waals surface area contributed by atoms with Gasteiger partial charge in [0.05, 0.1) is 18.9 Å². The zero-order chi connectivity index (χ0) is 22.1. The second-order valence-corrected chi connectivity index (χ2v) is 8.18. The van der Waals surface area contributed by atoms with E-state index in [-0.39, 0.29) is 11.9 Å². The monoisotopic (exact) mass is 430 g/mol. The molecule has 0 radical (unpaired) electrons. The van der Waals surface area contributed by atoms with E-state index < -0.39 is 0 Å². The number of likely N-dealkylation sites (N-methyl/N-ethyl adjacent to an activating group) is 1. The Balaban J connectivity index is 1.26. The fourth-order valence-corrected chi connectivity index (χ4v) is 4.39. The second-order valence-electron chi connectivity index (χ2n) is 8.18. The van der Waals surface area contributed by atoms with Crippen LogP contribution in [0.2, 0.25) is 0 Å². The number of rotatable bonds is 6. The van der Waals surface area contributed by atoms with E-state index in [4.69, 9.17) is 4.98 Å². The lowest BCUT2D eigenvalue weighted by atomic mass is 10.1. The Morgan fingerprint density at radius 3 is 3.06 bits per heavy atom. The van der Waals surface area contributed by atoms with Gasteiger partial charge in [-0.15, -0.1) is 0 Å². The van der Waals surface area contributed by atoms with Crippen molar-refractivity contribution in [3.05, 3.63) is 59.5 Å². The molecule has 9 heteroatoms. The van der Waals surface area contributed by atoms with Crippen molar-refractivity contribution in [2.24, 2.45) is 4.99 Å². The number of aromatic nitrogens is 4. The predicted molar refractivity (Wildman–Crippen MR) is 124 cm³/mol. The summed E-state index contributed by atoms with van der Waals surface area (Å²) in [6.45, 7) is 2.11. The molecule has 3 aromatic rings. The van der Waals surface area contributed by atoms with Crippen LogP contribution in [-0.4, -0.2) is 58.6 Å². The molecule has 0 saturated carbocycles. The van der Waals surface area contributed by atoms with Crippen LogP contribution in [0.5, 0.6) is 0 Å². The Kier molecular flexibility index (Phi) is 5.30. The number of aliphatic imine (C=N–C) groups is 1. The van der Waals surface area contributed by atoms with Crippen LogP contribution in [0.15, 0.2) is 47.8 Å². The molecule has 1 N–H and O–H groups in total. The molecule has 0 aliphatic carbocycles. The first-order chi connectivity index (χ1) is 15.6. The maximum absolute atomic E-state index is 12.5. The van der Waals surface area contributed by atoms with Crippen LogP contribution in [0.1, 0.15) is 29.5 Å². The van der Waals surface area contributed by atoms with Gasteiger partial charge in [0.15, 0.2) is 5.82 Å². The molecule has 2 aromatic heterocycles. The van der Waals surface area contributed by atoms with Crippen molar-refractivity contribution < 1.29 is 4.79 Å². The van der Waals surface area contributed by atoms with Gasteiger partial charge in [0.25, 0.3) is 0 Å². The van der Waals surface area contributed by atoms with Gasteiger partial charge in [-0.1, -0.05) is 18.2 Å². The standard InChI is InChI=1S/C23H26N8O/c1-24-10-16-5-3-6-17(9-16)14-30-15-18(12-27-30)11-25-23-26-13-20-21(28-23)31-8-4-7-19(31)22(32)29(20)2/h3,5-6,9-10,12-13,15,19H,4,7-8,11,14H2,1-2H3,(H,25,26,28)/t19-/m0/s1. The Bertz CT molecular complexity index is 1170. The summed E-state index contributed by atoms with van der Waals surface area (Å²) in [5.41, 5.74) is 4.06. The SMILES string of the molecule is CN=Cc1cccc(Cn2cc(CNc3ncc4c(n3)N3CCC[C@H]3C(=O)N4C)cn2)c1. The summed E-state index contributed by atoms with van der Waals surface area (Å²) in [5, 5.41) is 7.78. The minimum atomic E-state index is -0.101. The average molecular weight is 431 g/mol. The summed E-state index contributed by atoms with van der Waals surface area (Å²) >= 11 is 0.